The molecule has 2 aliphatic carbocycles. The quantitative estimate of drug-likeness (QED) is 0.0603. The van der Waals surface area contributed by atoms with Crippen LogP contribution in [0.1, 0.15) is 90.9 Å². The third-order valence-corrected chi connectivity index (χ3v) is 15.0. The number of non-ortho nitro benzene ring substituents is 2. The average molecular weight is 1050 g/mol. The predicted molar refractivity (Wildman–Crippen MR) is 271 cm³/mol. The normalized spacial score (nSPS) is 22.5. The SMILES string of the molecule is CC(=O)N1c2ccc(O)cc2Sc2cc([N+](=O)[O-])ccc21.CC(=O)N1c2ccc(OC3CC(OCCCOC4CCCCO4)C3)cc2Sc2cc([N+](=O)[O-])ccc21.OC1CC(OCCCOC2CCCCO2)C1. The summed E-state index contributed by atoms with van der Waals surface area (Å²) in [6, 6.07) is 19.3. The number of aliphatic hydroxyl groups is 1. The molecular weight excluding hydrogens is 985 g/mol. The van der Waals surface area contributed by atoms with Crippen LogP contribution in [0.25, 0.3) is 0 Å². The maximum atomic E-state index is 12.4. The maximum Gasteiger partial charge on any atom is 0.270 e. The Morgan fingerprint density at radius 1 is 0.603 bits per heavy atom. The Morgan fingerprint density at radius 2 is 1.04 bits per heavy atom. The first-order chi connectivity index (χ1) is 35.3. The number of anilines is 4. The van der Waals surface area contributed by atoms with Gasteiger partial charge in [-0.2, -0.15) is 0 Å². The van der Waals surface area contributed by atoms with E-state index in [1.165, 1.54) is 91.5 Å². The second-order valence-corrected chi connectivity index (χ2v) is 20.5. The maximum absolute atomic E-state index is 12.4. The summed E-state index contributed by atoms with van der Waals surface area (Å²) in [5.74, 6) is 0.440. The molecule has 0 radical (unpaired) electrons. The molecule has 4 aromatic carbocycles. The van der Waals surface area contributed by atoms with Crippen LogP contribution in [0.15, 0.2) is 92.4 Å². The van der Waals surface area contributed by atoms with Gasteiger partial charge in [0.25, 0.3) is 11.4 Å². The Labute approximate surface area is 432 Å². The number of phenolic OH excluding ortho intramolecular Hbond substituents is 1. The lowest BCUT2D eigenvalue weighted by atomic mass is 9.92. The van der Waals surface area contributed by atoms with Crippen molar-refractivity contribution in [3.05, 3.63) is 93.0 Å². The van der Waals surface area contributed by atoms with Crippen LogP contribution in [-0.4, -0.2) is 109 Å². The average Bonchev–Trinajstić information content (AvgIpc) is 3.35. The number of nitro groups is 2. The number of hydrogen-bond donors (Lipinski definition) is 2. The molecule has 73 heavy (non-hydrogen) atoms. The van der Waals surface area contributed by atoms with Gasteiger partial charge in [-0.15, -0.1) is 0 Å². The molecule has 2 unspecified atom stereocenters. The Balaban J connectivity index is 0.000000162. The van der Waals surface area contributed by atoms with Crippen molar-refractivity contribution in [1.82, 2.24) is 0 Å². The van der Waals surface area contributed by atoms with E-state index in [1.54, 1.807) is 23.1 Å². The number of hydrogen-bond acceptors (Lipinski definition) is 17. The molecule has 6 aliphatic rings. The van der Waals surface area contributed by atoms with E-state index in [2.05, 4.69) is 0 Å². The minimum absolute atomic E-state index is 0.00463. The number of carbonyl (C=O) groups is 2. The summed E-state index contributed by atoms with van der Waals surface area (Å²) in [5.41, 5.74) is 2.62. The number of nitrogens with zero attached hydrogens (tertiary/aromatic N) is 4. The molecule has 2 atom stereocenters. The monoisotopic (exact) mass is 1050 g/mol. The van der Waals surface area contributed by atoms with Crippen molar-refractivity contribution in [2.45, 2.75) is 147 Å². The molecule has 2 saturated carbocycles. The Kier molecular flexibility index (Phi) is 19.0. The summed E-state index contributed by atoms with van der Waals surface area (Å²) in [5, 5.41) is 40.8. The Hall–Kier alpha value is -5.36. The minimum atomic E-state index is -0.475. The number of amides is 2. The summed E-state index contributed by atoms with van der Waals surface area (Å²) >= 11 is 2.70. The number of aliphatic hydroxyl groups excluding tert-OH is 1. The van der Waals surface area contributed by atoms with Crippen LogP contribution in [0.2, 0.25) is 0 Å². The molecule has 0 spiro atoms. The molecule has 21 heteroatoms. The standard InChI is InChI=1S/C26H30N2O7S.C14H10N2O4S.C12H22O4/c1-17(29)27-22-8-6-18(28(30)31)13-24(22)36-25-16-19(7-9-23(25)27)35-21-14-20(15-21)32-11-4-12-34-26-5-2-3-10-33-26;1-8(17)15-11-4-2-9(16(19)20)6-13(11)21-14-7-10(18)3-5-12(14)15;13-10-8-11(9-10)14-6-3-7-16-12-4-1-2-5-15-12/h6-9,13,16,20-21,26H,2-5,10-12,14-15H2,1H3;2-7,18H,1H3;10-13H,1-9H2. The van der Waals surface area contributed by atoms with E-state index in [4.69, 9.17) is 38.3 Å². The van der Waals surface area contributed by atoms with Crippen molar-refractivity contribution < 1.29 is 62.8 Å². The molecule has 4 aliphatic heterocycles. The number of nitro benzene ring substituents is 2. The molecular formula is C52H62N4O15S2. The third-order valence-electron chi connectivity index (χ3n) is 12.8. The fraction of sp³-hybridized carbons (Fsp3) is 0.500. The molecule has 2 amide bonds. The van der Waals surface area contributed by atoms with E-state index < -0.39 is 9.85 Å². The molecule has 4 heterocycles. The number of rotatable bonds is 16. The number of carbonyl (C=O) groups excluding carboxylic acids is 2. The fourth-order valence-corrected chi connectivity index (χ4v) is 11.1. The summed E-state index contributed by atoms with van der Waals surface area (Å²) in [6.07, 6.45) is 12.0. The third kappa shape index (κ3) is 14.5. The second-order valence-electron chi connectivity index (χ2n) is 18.4. The lowest BCUT2D eigenvalue weighted by molar-refractivity contribution is -0.385. The van der Waals surface area contributed by atoms with Crippen molar-refractivity contribution in [1.29, 1.82) is 0 Å². The van der Waals surface area contributed by atoms with Gasteiger partial charge in [0.05, 0.1) is 64.1 Å². The predicted octanol–water partition coefficient (Wildman–Crippen LogP) is 10.5. The van der Waals surface area contributed by atoms with Crippen molar-refractivity contribution in [2.75, 3.05) is 49.4 Å². The van der Waals surface area contributed by atoms with Crippen molar-refractivity contribution in [2.24, 2.45) is 0 Å². The summed E-state index contributed by atoms with van der Waals surface area (Å²) in [4.78, 5) is 51.4. The van der Waals surface area contributed by atoms with Crippen molar-refractivity contribution in [3.63, 3.8) is 0 Å². The van der Waals surface area contributed by atoms with Gasteiger partial charge in [-0.3, -0.25) is 39.6 Å². The van der Waals surface area contributed by atoms with Gasteiger partial charge < -0.3 is 43.4 Å². The first-order valence-corrected chi connectivity index (χ1v) is 26.5. The van der Waals surface area contributed by atoms with E-state index in [0.29, 0.717) is 57.3 Å². The van der Waals surface area contributed by atoms with E-state index >= 15 is 0 Å². The molecule has 19 nitrogen and oxygen atoms in total. The van der Waals surface area contributed by atoms with Gasteiger partial charge in [0.1, 0.15) is 17.6 Å². The van der Waals surface area contributed by atoms with Crippen LogP contribution in [0, 0.1) is 20.2 Å². The van der Waals surface area contributed by atoms with Gasteiger partial charge in [-0.1, -0.05) is 23.5 Å². The number of aromatic hydroxyl groups is 1. The van der Waals surface area contributed by atoms with E-state index in [9.17, 15) is 34.9 Å². The Morgan fingerprint density at radius 3 is 1.49 bits per heavy atom. The highest BCUT2D eigenvalue weighted by molar-refractivity contribution is 8.00. The molecule has 10 rings (SSSR count). The van der Waals surface area contributed by atoms with Crippen LogP contribution in [-0.2, 0) is 38.0 Å². The fourth-order valence-electron chi connectivity index (χ4n) is 8.89. The highest BCUT2D eigenvalue weighted by atomic mass is 32.2. The molecule has 392 valence electrons. The molecule has 4 aromatic rings. The van der Waals surface area contributed by atoms with Crippen LogP contribution < -0.4 is 14.5 Å². The van der Waals surface area contributed by atoms with E-state index in [0.717, 1.165) is 94.6 Å². The van der Waals surface area contributed by atoms with Crippen LogP contribution in [0.5, 0.6) is 11.5 Å². The zero-order valence-corrected chi connectivity index (χ0v) is 42.6. The zero-order chi connectivity index (χ0) is 51.4. The Bertz CT molecular complexity index is 2570. The van der Waals surface area contributed by atoms with Gasteiger partial charge >= 0.3 is 0 Å². The van der Waals surface area contributed by atoms with Crippen LogP contribution in [0.3, 0.4) is 0 Å². The smallest absolute Gasteiger partial charge is 0.270 e. The number of fused-ring (bicyclic) bond motifs is 4. The van der Waals surface area contributed by atoms with Crippen LogP contribution >= 0.6 is 23.5 Å². The molecule has 2 saturated heterocycles. The first kappa shape index (κ1) is 53.9. The second kappa shape index (κ2) is 25.7. The minimum Gasteiger partial charge on any atom is -0.508 e. The molecule has 0 bridgehead atoms. The van der Waals surface area contributed by atoms with Crippen LogP contribution in [0.4, 0.5) is 34.1 Å². The number of ether oxygens (including phenoxy) is 7. The highest BCUT2D eigenvalue weighted by Crippen LogP contribution is 2.52. The summed E-state index contributed by atoms with van der Waals surface area (Å²) < 4.78 is 40.0. The highest BCUT2D eigenvalue weighted by Gasteiger charge is 2.34. The summed E-state index contributed by atoms with van der Waals surface area (Å²) in [7, 11) is 0. The van der Waals surface area contributed by atoms with Gasteiger partial charge in [-0.05, 0) is 113 Å². The largest absolute Gasteiger partial charge is 0.508 e. The van der Waals surface area contributed by atoms with Gasteiger partial charge in [0.2, 0.25) is 11.8 Å². The summed E-state index contributed by atoms with van der Waals surface area (Å²) in [6.45, 7) is 7.28. The molecule has 0 aromatic heterocycles. The van der Waals surface area contributed by atoms with Crippen molar-refractivity contribution in [3.8, 4) is 11.5 Å². The lowest BCUT2D eigenvalue weighted by Crippen LogP contribution is -2.39. The lowest BCUT2D eigenvalue weighted by Gasteiger charge is -2.36. The molecule has 2 N–H and O–H groups in total. The van der Waals surface area contributed by atoms with E-state index in [-0.39, 0.29) is 65.9 Å². The number of benzene rings is 4. The topological polar surface area (TPSA) is 232 Å². The van der Waals surface area contributed by atoms with Gasteiger partial charge in [-0.25, -0.2) is 0 Å². The first-order valence-electron chi connectivity index (χ1n) is 24.8. The van der Waals surface area contributed by atoms with Gasteiger partial charge in [0, 0.05) is 97.0 Å². The molecule has 4 fully saturated rings. The number of phenols is 1. The van der Waals surface area contributed by atoms with Crippen molar-refractivity contribution >= 4 is 69.5 Å². The van der Waals surface area contributed by atoms with Gasteiger partial charge in [0.15, 0.2) is 12.6 Å². The van der Waals surface area contributed by atoms with E-state index in [1.807, 2.05) is 18.2 Å². The zero-order valence-electron chi connectivity index (χ0n) is 40.9.